The third kappa shape index (κ3) is 5.11. The zero-order valence-corrected chi connectivity index (χ0v) is 14.9. The van der Waals surface area contributed by atoms with E-state index >= 15 is 0 Å². The van der Waals surface area contributed by atoms with Gasteiger partial charge in [0, 0.05) is 19.1 Å². The first-order valence-corrected chi connectivity index (χ1v) is 8.86. The molecule has 1 fully saturated rings. The van der Waals surface area contributed by atoms with Gasteiger partial charge < -0.3 is 20.1 Å². The number of methoxy groups -OCH3 is 2. The molecule has 0 aliphatic carbocycles. The van der Waals surface area contributed by atoms with Gasteiger partial charge in [0.15, 0.2) is 11.5 Å². The van der Waals surface area contributed by atoms with Crippen LogP contribution in [0.1, 0.15) is 38.2 Å². The summed E-state index contributed by atoms with van der Waals surface area (Å²) in [5, 5.41) is 0. The number of hydrogen-bond acceptors (Lipinski definition) is 4. The van der Waals surface area contributed by atoms with Crippen molar-refractivity contribution in [2.75, 3.05) is 33.9 Å². The predicted molar refractivity (Wildman–Crippen MR) is 95.3 cm³/mol. The van der Waals surface area contributed by atoms with Gasteiger partial charge in [0.25, 0.3) is 0 Å². The fraction of sp³-hybridized carbons (Fsp3) is 0.684. The van der Waals surface area contributed by atoms with Crippen molar-refractivity contribution in [3.05, 3.63) is 23.8 Å². The van der Waals surface area contributed by atoms with E-state index < -0.39 is 0 Å². The van der Waals surface area contributed by atoms with E-state index in [2.05, 4.69) is 24.0 Å². The molecule has 0 aromatic heterocycles. The van der Waals surface area contributed by atoms with E-state index in [1.807, 2.05) is 6.07 Å². The molecule has 0 radical (unpaired) electrons. The highest BCUT2D eigenvalue weighted by Gasteiger charge is 2.25. The lowest BCUT2D eigenvalue weighted by atomic mass is 9.88. The summed E-state index contributed by atoms with van der Waals surface area (Å²) in [7, 11) is 3.36. The van der Waals surface area contributed by atoms with Gasteiger partial charge in [-0.15, -0.1) is 0 Å². The van der Waals surface area contributed by atoms with Crippen LogP contribution in [-0.2, 0) is 6.42 Å². The Morgan fingerprint density at radius 2 is 2.00 bits per heavy atom. The molecule has 0 saturated carbocycles. The molecule has 1 aliphatic heterocycles. The van der Waals surface area contributed by atoms with E-state index in [-0.39, 0.29) is 0 Å². The first-order valence-electron chi connectivity index (χ1n) is 8.86. The third-order valence-corrected chi connectivity index (χ3v) is 4.97. The first-order chi connectivity index (χ1) is 11.2. The van der Waals surface area contributed by atoms with Crippen LogP contribution in [0.2, 0.25) is 0 Å². The summed E-state index contributed by atoms with van der Waals surface area (Å²) >= 11 is 0. The summed E-state index contributed by atoms with van der Waals surface area (Å²) in [4.78, 5) is 2.57. The molecule has 23 heavy (non-hydrogen) atoms. The van der Waals surface area contributed by atoms with Crippen molar-refractivity contribution in [1.29, 1.82) is 0 Å². The molecule has 1 heterocycles. The van der Waals surface area contributed by atoms with E-state index in [9.17, 15) is 0 Å². The number of piperidine rings is 1. The van der Waals surface area contributed by atoms with Gasteiger partial charge in [-0.05, 0) is 49.4 Å². The minimum absolute atomic E-state index is 0.388. The highest BCUT2D eigenvalue weighted by molar-refractivity contribution is 5.42. The van der Waals surface area contributed by atoms with Crippen molar-refractivity contribution < 1.29 is 9.47 Å². The number of ether oxygens (including phenoxy) is 2. The van der Waals surface area contributed by atoms with E-state index in [1.54, 1.807) is 14.2 Å². The molecule has 4 heteroatoms. The van der Waals surface area contributed by atoms with Gasteiger partial charge in [-0.3, -0.25) is 0 Å². The molecule has 0 bridgehead atoms. The summed E-state index contributed by atoms with van der Waals surface area (Å²) in [6, 6.07) is 6.60. The van der Waals surface area contributed by atoms with Crippen molar-refractivity contribution in [1.82, 2.24) is 4.90 Å². The van der Waals surface area contributed by atoms with Crippen LogP contribution >= 0.6 is 0 Å². The van der Waals surface area contributed by atoms with Crippen LogP contribution in [0.15, 0.2) is 18.2 Å². The van der Waals surface area contributed by atoms with Crippen molar-refractivity contribution in [3.63, 3.8) is 0 Å². The molecular formula is C19H32N2O2. The fourth-order valence-electron chi connectivity index (χ4n) is 3.42. The second-order valence-corrected chi connectivity index (χ2v) is 6.59. The van der Waals surface area contributed by atoms with E-state index in [1.165, 1.54) is 24.8 Å². The van der Waals surface area contributed by atoms with Crippen LogP contribution in [0.4, 0.5) is 0 Å². The maximum absolute atomic E-state index is 6.30. The van der Waals surface area contributed by atoms with Gasteiger partial charge in [0.1, 0.15) is 0 Å². The lowest BCUT2D eigenvalue weighted by molar-refractivity contribution is 0.148. The Hall–Kier alpha value is -1.26. The number of unbranched alkanes of at least 4 members (excludes halogenated alkanes) is 1. The molecular weight excluding hydrogens is 288 g/mol. The lowest BCUT2D eigenvalue weighted by Gasteiger charge is -2.37. The van der Waals surface area contributed by atoms with E-state index in [0.717, 1.165) is 44.0 Å². The molecule has 0 unspecified atom stereocenters. The maximum Gasteiger partial charge on any atom is 0.160 e. The Labute approximate surface area is 140 Å². The monoisotopic (exact) mass is 320 g/mol. The number of benzene rings is 1. The van der Waals surface area contributed by atoms with Crippen molar-refractivity contribution in [3.8, 4) is 11.5 Å². The van der Waals surface area contributed by atoms with Gasteiger partial charge in [-0.2, -0.15) is 0 Å². The van der Waals surface area contributed by atoms with Gasteiger partial charge in [0.2, 0.25) is 0 Å². The number of hydrogen-bond donors (Lipinski definition) is 1. The van der Waals surface area contributed by atoms with Gasteiger partial charge >= 0.3 is 0 Å². The quantitative estimate of drug-likeness (QED) is 0.799. The summed E-state index contributed by atoms with van der Waals surface area (Å²) in [6.07, 6.45) is 5.98. The van der Waals surface area contributed by atoms with Gasteiger partial charge in [-0.1, -0.05) is 25.8 Å². The highest BCUT2D eigenvalue weighted by Crippen LogP contribution is 2.28. The molecule has 1 aromatic rings. The van der Waals surface area contributed by atoms with Crippen molar-refractivity contribution in [2.45, 2.75) is 45.1 Å². The molecule has 2 N–H and O–H groups in total. The highest BCUT2D eigenvalue weighted by atomic mass is 16.5. The second kappa shape index (κ2) is 9.14. The van der Waals surface area contributed by atoms with E-state index in [0.29, 0.717) is 12.0 Å². The Morgan fingerprint density at radius 1 is 1.22 bits per heavy atom. The molecule has 130 valence electrons. The SMILES string of the molecule is CCCC[C@@H]1CN(CCc2ccc(OC)c(OC)c2)CC[C@H]1N. The predicted octanol–water partition coefficient (Wildman–Crippen LogP) is 3.09. The fourth-order valence-corrected chi connectivity index (χ4v) is 3.42. The van der Waals surface area contributed by atoms with Crippen LogP contribution in [0, 0.1) is 5.92 Å². The minimum atomic E-state index is 0.388. The normalized spacial score (nSPS) is 22.1. The Balaban J connectivity index is 1.87. The van der Waals surface area contributed by atoms with Crippen LogP contribution in [0.3, 0.4) is 0 Å². The average molecular weight is 320 g/mol. The molecule has 2 atom stereocenters. The molecule has 4 nitrogen and oxygen atoms in total. The smallest absolute Gasteiger partial charge is 0.160 e. The van der Waals surface area contributed by atoms with Crippen LogP contribution < -0.4 is 15.2 Å². The minimum Gasteiger partial charge on any atom is -0.493 e. The Kier molecular flexibility index (Phi) is 7.18. The molecule has 1 saturated heterocycles. The molecule has 1 aromatic carbocycles. The molecule has 0 amide bonds. The molecule has 2 rings (SSSR count). The topological polar surface area (TPSA) is 47.7 Å². The Bertz CT molecular complexity index is 478. The zero-order valence-electron chi connectivity index (χ0n) is 14.9. The van der Waals surface area contributed by atoms with Crippen molar-refractivity contribution in [2.24, 2.45) is 11.7 Å². The zero-order chi connectivity index (χ0) is 16.7. The Morgan fingerprint density at radius 3 is 2.70 bits per heavy atom. The van der Waals surface area contributed by atoms with Crippen LogP contribution in [0.5, 0.6) is 11.5 Å². The average Bonchev–Trinajstić information content (AvgIpc) is 2.59. The van der Waals surface area contributed by atoms with E-state index in [4.69, 9.17) is 15.2 Å². The molecule has 0 spiro atoms. The summed E-state index contributed by atoms with van der Waals surface area (Å²) in [5.74, 6) is 2.26. The van der Waals surface area contributed by atoms with Gasteiger partial charge in [0.05, 0.1) is 14.2 Å². The third-order valence-electron chi connectivity index (χ3n) is 4.97. The van der Waals surface area contributed by atoms with Crippen LogP contribution in [0.25, 0.3) is 0 Å². The maximum atomic E-state index is 6.30. The largest absolute Gasteiger partial charge is 0.493 e. The number of nitrogens with zero attached hydrogens (tertiary/aromatic N) is 1. The lowest BCUT2D eigenvalue weighted by Crippen LogP contribution is -2.47. The van der Waals surface area contributed by atoms with Crippen molar-refractivity contribution >= 4 is 0 Å². The molecule has 1 aliphatic rings. The number of likely N-dealkylation sites (tertiary alicyclic amines) is 1. The van der Waals surface area contributed by atoms with Gasteiger partial charge in [-0.25, -0.2) is 0 Å². The summed E-state index contributed by atoms with van der Waals surface area (Å²) in [6.45, 7) is 5.61. The summed E-state index contributed by atoms with van der Waals surface area (Å²) < 4.78 is 10.7. The number of nitrogens with two attached hydrogens (primary N) is 1. The van der Waals surface area contributed by atoms with Crippen LogP contribution in [-0.4, -0.2) is 44.8 Å². The first kappa shape index (κ1) is 18.1. The standard InChI is InChI=1S/C19H32N2O2/c1-4-5-6-16-14-21(12-10-17(16)20)11-9-15-7-8-18(22-2)19(13-15)23-3/h7-8,13,16-17H,4-6,9-12,14,20H2,1-3H3/t16-,17-/m1/s1. The number of rotatable bonds is 8. The summed E-state index contributed by atoms with van der Waals surface area (Å²) in [5.41, 5.74) is 7.60. The second-order valence-electron chi connectivity index (χ2n) is 6.59.